The van der Waals surface area contributed by atoms with E-state index >= 15 is 0 Å². The summed E-state index contributed by atoms with van der Waals surface area (Å²) in [7, 11) is 0. The average Bonchev–Trinajstić information content (AvgIpc) is 1.88. The monoisotopic (exact) mass is 186 g/mol. The minimum Gasteiger partial charge on any atom is -0.495 e. The van der Waals surface area contributed by atoms with Gasteiger partial charge in [0.2, 0.25) is 0 Å². The summed E-state index contributed by atoms with van der Waals surface area (Å²) in [6.07, 6.45) is -0.446. The lowest BCUT2D eigenvalue weighted by Gasteiger charge is -1.88. The maximum atomic E-state index is 10.3. The van der Waals surface area contributed by atoms with E-state index in [9.17, 15) is 14.2 Å². The molecule has 0 fully saturated rings. The van der Waals surface area contributed by atoms with Gasteiger partial charge in [-0.15, -0.1) is 11.6 Å². The molecule has 0 saturated heterocycles. The highest BCUT2D eigenvalue weighted by Gasteiger charge is 2.13. The quantitative estimate of drug-likeness (QED) is 0.418. The van der Waals surface area contributed by atoms with Gasteiger partial charge in [0.1, 0.15) is 6.42 Å². The van der Waals surface area contributed by atoms with Crippen molar-refractivity contribution in [2.75, 3.05) is 5.88 Å². The predicted octanol–water partition coefficient (Wildman–Crippen LogP) is -0.997. The number of alkyl halides is 1. The van der Waals surface area contributed by atoms with Crippen molar-refractivity contribution in [3.05, 3.63) is 0 Å². The van der Waals surface area contributed by atoms with Gasteiger partial charge in [0.05, 0.1) is 5.88 Å². The van der Waals surface area contributed by atoms with Crippen molar-refractivity contribution < 1.29 is 29.9 Å². The average molecular weight is 187 g/mol. The van der Waals surface area contributed by atoms with Crippen LogP contribution in [0.4, 0.5) is 0 Å². The van der Waals surface area contributed by atoms with Crippen molar-refractivity contribution in [1.29, 1.82) is 0 Å². The summed E-state index contributed by atoms with van der Waals surface area (Å²) < 4.78 is 13.3. The molecule has 58 valence electrons. The Morgan fingerprint density at radius 1 is 1.60 bits per heavy atom. The fourth-order valence-corrected chi connectivity index (χ4v) is 0.490. The van der Waals surface area contributed by atoms with Crippen LogP contribution >= 0.6 is 11.6 Å². The lowest BCUT2D eigenvalue weighted by Crippen LogP contribution is -2.15. The van der Waals surface area contributed by atoms with Crippen molar-refractivity contribution in [1.82, 2.24) is 0 Å². The molecule has 0 bridgehead atoms. The van der Waals surface area contributed by atoms with E-state index in [1.807, 2.05) is 0 Å². The summed E-state index contributed by atoms with van der Waals surface area (Å²) >= 11 is 5.13. The zero-order valence-corrected chi connectivity index (χ0v) is 6.31. The van der Waals surface area contributed by atoms with Crippen LogP contribution in [0.2, 0.25) is 0 Å². The minimum atomic E-state index is -0.881. The molecule has 0 aromatic carbocycles. The second-order valence-electron chi connectivity index (χ2n) is 1.36. The molecule has 0 aromatic rings. The normalized spacial score (nSPS) is 9.00. The highest BCUT2D eigenvalue weighted by Crippen LogP contribution is 1.89. The number of ketones is 1. The standard InChI is InChI=1S/C4H4Cl2O4/c5-2-3(7)1-4(8)10-6-9/h1-2H2. The molecule has 0 radical (unpaired) electrons. The van der Waals surface area contributed by atoms with Gasteiger partial charge in [-0.3, -0.25) is 4.79 Å². The summed E-state index contributed by atoms with van der Waals surface area (Å²) in [5.41, 5.74) is 0. The van der Waals surface area contributed by atoms with Crippen LogP contribution in [0.5, 0.6) is 0 Å². The first-order chi connectivity index (χ1) is 4.70. The van der Waals surface area contributed by atoms with Crippen molar-refractivity contribution >= 4 is 23.4 Å². The van der Waals surface area contributed by atoms with E-state index < -0.39 is 18.2 Å². The lowest BCUT2D eigenvalue weighted by molar-refractivity contribution is -1.26. The Hall–Kier alpha value is -0.320. The van der Waals surface area contributed by atoms with Crippen LogP contribution in [0.15, 0.2) is 0 Å². The fraction of sp³-hybridized carbons (Fsp3) is 0.500. The third-order valence-electron chi connectivity index (χ3n) is 0.608. The van der Waals surface area contributed by atoms with Gasteiger partial charge in [-0.1, -0.05) is 0 Å². The summed E-state index contributed by atoms with van der Waals surface area (Å²) in [6, 6.07) is 0. The van der Waals surface area contributed by atoms with Crippen LogP contribution in [0.1, 0.15) is 6.42 Å². The van der Waals surface area contributed by atoms with Crippen molar-refractivity contribution in [3.8, 4) is 0 Å². The summed E-state index contributed by atoms with van der Waals surface area (Å²) in [4.78, 5) is 20.6. The Morgan fingerprint density at radius 2 is 2.20 bits per heavy atom. The molecular weight excluding hydrogens is 183 g/mol. The van der Waals surface area contributed by atoms with Gasteiger partial charge in [-0.2, -0.15) is 4.29 Å². The number of rotatable bonds is 4. The smallest absolute Gasteiger partial charge is 0.396 e. The molecule has 0 rings (SSSR count). The van der Waals surface area contributed by atoms with E-state index in [1.165, 1.54) is 0 Å². The SMILES string of the molecule is O=C(CCl)CC(=O)O[Cl+][O-]. The maximum Gasteiger partial charge on any atom is 0.396 e. The second kappa shape index (κ2) is 5.46. The number of hydrogen-bond acceptors (Lipinski definition) is 4. The molecule has 0 aliphatic heterocycles. The van der Waals surface area contributed by atoms with Crippen LogP contribution in [0, 0.1) is 11.3 Å². The summed E-state index contributed by atoms with van der Waals surface area (Å²) in [5.74, 6) is -1.59. The van der Waals surface area contributed by atoms with Crippen LogP contribution in [0.25, 0.3) is 0 Å². The molecule has 0 heterocycles. The van der Waals surface area contributed by atoms with Crippen molar-refractivity contribution in [2.45, 2.75) is 6.42 Å². The first-order valence-electron chi connectivity index (χ1n) is 2.25. The lowest BCUT2D eigenvalue weighted by atomic mass is 10.3. The van der Waals surface area contributed by atoms with Gasteiger partial charge in [0.15, 0.2) is 5.78 Å². The number of carbonyl (C=O) groups excluding carboxylic acids is 2. The molecule has 0 amide bonds. The third kappa shape index (κ3) is 4.55. The first-order valence-corrected chi connectivity index (χ1v) is 3.40. The maximum absolute atomic E-state index is 10.3. The van der Waals surface area contributed by atoms with E-state index in [1.54, 1.807) is 0 Å². The molecule has 6 heteroatoms. The van der Waals surface area contributed by atoms with Gasteiger partial charge >= 0.3 is 17.3 Å². The Balaban J connectivity index is 3.47. The summed E-state index contributed by atoms with van der Waals surface area (Å²) in [6.45, 7) is 0. The fourth-order valence-electron chi connectivity index (χ4n) is 0.271. The van der Waals surface area contributed by atoms with E-state index in [4.69, 9.17) is 11.6 Å². The van der Waals surface area contributed by atoms with E-state index in [2.05, 4.69) is 4.29 Å². The topological polar surface area (TPSA) is 66.4 Å². The van der Waals surface area contributed by atoms with Gasteiger partial charge in [0.25, 0.3) is 0 Å². The van der Waals surface area contributed by atoms with E-state index in [-0.39, 0.29) is 17.2 Å². The van der Waals surface area contributed by atoms with E-state index in [0.717, 1.165) is 0 Å². The Bertz CT molecular complexity index is 135. The second-order valence-corrected chi connectivity index (χ2v) is 1.91. The Kier molecular flexibility index (Phi) is 5.29. The zero-order chi connectivity index (χ0) is 7.98. The molecule has 4 nitrogen and oxygen atoms in total. The third-order valence-corrected chi connectivity index (χ3v) is 1.14. The molecular formula is C4H4Cl2O4. The molecule has 10 heavy (non-hydrogen) atoms. The molecule has 0 aromatic heterocycles. The largest absolute Gasteiger partial charge is 0.495 e. The minimum absolute atomic E-state index is 0.0789. The van der Waals surface area contributed by atoms with Gasteiger partial charge < -0.3 is 4.66 Å². The van der Waals surface area contributed by atoms with Crippen LogP contribution in [0.3, 0.4) is 0 Å². The Morgan fingerprint density at radius 3 is 2.60 bits per heavy atom. The van der Waals surface area contributed by atoms with Crippen molar-refractivity contribution in [3.63, 3.8) is 0 Å². The van der Waals surface area contributed by atoms with Crippen LogP contribution in [-0.4, -0.2) is 17.6 Å². The zero-order valence-electron chi connectivity index (χ0n) is 4.80. The molecule has 0 aliphatic rings. The van der Waals surface area contributed by atoms with Gasteiger partial charge in [0, 0.05) is 0 Å². The highest BCUT2D eigenvalue weighted by molar-refractivity contribution is 6.28. The number of hydrogen-bond donors (Lipinski definition) is 0. The summed E-state index contributed by atoms with van der Waals surface area (Å²) in [5, 5.41) is 0. The predicted molar refractivity (Wildman–Crippen MR) is 26.4 cm³/mol. The molecule has 0 spiro atoms. The van der Waals surface area contributed by atoms with Crippen LogP contribution in [-0.2, 0) is 13.9 Å². The first kappa shape index (κ1) is 9.68. The molecule has 0 atom stereocenters. The van der Waals surface area contributed by atoms with E-state index in [0.29, 0.717) is 0 Å². The molecule has 0 aliphatic carbocycles. The van der Waals surface area contributed by atoms with Crippen LogP contribution < -0.4 is 4.66 Å². The van der Waals surface area contributed by atoms with Crippen molar-refractivity contribution in [2.24, 2.45) is 0 Å². The number of carbonyl (C=O) groups is 2. The molecule has 0 N–H and O–H groups in total. The van der Waals surface area contributed by atoms with Gasteiger partial charge in [-0.25, -0.2) is 4.79 Å². The highest BCUT2D eigenvalue weighted by atomic mass is 35.6. The number of halogens is 2. The Labute approximate surface area is 66.2 Å². The van der Waals surface area contributed by atoms with Gasteiger partial charge in [-0.05, 0) is 0 Å². The molecule has 0 saturated carbocycles. The number of Topliss-reactive ketones (excluding diaryl/α,β-unsaturated/α-hetero) is 1. The molecule has 0 unspecified atom stereocenters.